The maximum Gasteiger partial charge on any atom is 0.233 e. The molecule has 1 aromatic rings. The van der Waals surface area contributed by atoms with Crippen molar-refractivity contribution in [2.75, 3.05) is 33.4 Å². The Morgan fingerprint density at radius 2 is 2.11 bits per heavy atom. The summed E-state index contributed by atoms with van der Waals surface area (Å²) in [6, 6.07) is 9.37. The first kappa shape index (κ1) is 15.6. The summed E-state index contributed by atoms with van der Waals surface area (Å²) in [5, 5.41) is 15.6. The fraction of sp³-hybridized carbons (Fsp3) is 0.500. The zero-order valence-electron chi connectivity index (χ0n) is 11.3. The first-order chi connectivity index (χ1) is 9.24. The third-order valence-electron chi connectivity index (χ3n) is 2.65. The summed E-state index contributed by atoms with van der Waals surface area (Å²) >= 11 is 0. The van der Waals surface area contributed by atoms with E-state index in [1.54, 1.807) is 7.11 Å². The van der Waals surface area contributed by atoms with Crippen LogP contribution in [0.15, 0.2) is 30.3 Å². The zero-order chi connectivity index (χ0) is 13.9. The van der Waals surface area contributed by atoms with Gasteiger partial charge in [0.25, 0.3) is 0 Å². The number of carbonyl (C=O) groups is 1. The predicted molar refractivity (Wildman–Crippen MR) is 73.8 cm³/mol. The molecule has 1 aromatic carbocycles. The average Bonchev–Trinajstić information content (AvgIpc) is 2.44. The van der Waals surface area contributed by atoms with Gasteiger partial charge in [0, 0.05) is 26.8 Å². The molecule has 0 saturated heterocycles. The highest BCUT2D eigenvalue weighted by Crippen LogP contribution is 2.09. The number of benzene rings is 1. The van der Waals surface area contributed by atoms with Crippen LogP contribution in [-0.2, 0) is 9.53 Å². The lowest BCUT2D eigenvalue weighted by atomic mass is 10.1. The number of carbonyl (C=O) groups excluding carboxylic acids is 1. The Balaban J connectivity index is 2.11. The van der Waals surface area contributed by atoms with E-state index in [-0.39, 0.29) is 12.5 Å². The molecule has 19 heavy (non-hydrogen) atoms. The second kappa shape index (κ2) is 9.49. The van der Waals surface area contributed by atoms with Gasteiger partial charge in [-0.15, -0.1) is 0 Å². The molecule has 0 fully saturated rings. The molecule has 1 rings (SSSR count). The minimum atomic E-state index is -0.595. The number of amides is 1. The molecule has 3 N–H and O–H groups in total. The monoisotopic (exact) mass is 266 g/mol. The van der Waals surface area contributed by atoms with Crippen molar-refractivity contribution in [2.24, 2.45) is 0 Å². The highest BCUT2D eigenvalue weighted by molar-refractivity contribution is 5.77. The molecule has 0 aliphatic carbocycles. The minimum absolute atomic E-state index is 0.0728. The lowest BCUT2D eigenvalue weighted by Crippen LogP contribution is -2.36. The Bertz CT molecular complexity index is 357. The summed E-state index contributed by atoms with van der Waals surface area (Å²) in [6.45, 7) is 1.81. The summed E-state index contributed by atoms with van der Waals surface area (Å²) in [6.07, 6.45) is 0.206. The second-order valence-electron chi connectivity index (χ2n) is 4.25. The topological polar surface area (TPSA) is 70.6 Å². The number of hydrogen-bond donors (Lipinski definition) is 3. The van der Waals surface area contributed by atoms with Gasteiger partial charge in [0.05, 0.1) is 12.6 Å². The standard InChI is InChI=1S/C14H22N2O3/c1-19-9-5-8-16-14(18)11-15-10-13(17)12-6-3-2-4-7-12/h2-4,6-7,13,15,17H,5,8-11H2,1H3,(H,16,18). The van der Waals surface area contributed by atoms with Crippen molar-refractivity contribution < 1.29 is 14.6 Å². The van der Waals surface area contributed by atoms with Crippen LogP contribution in [0.1, 0.15) is 18.1 Å². The van der Waals surface area contributed by atoms with Crippen molar-refractivity contribution in [1.29, 1.82) is 0 Å². The summed E-state index contributed by atoms with van der Waals surface area (Å²) in [7, 11) is 1.63. The Labute approximate surface area is 114 Å². The largest absolute Gasteiger partial charge is 0.387 e. The zero-order valence-corrected chi connectivity index (χ0v) is 11.3. The van der Waals surface area contributed by atoms with Gasteiger partial charge in [-0.1, -0.05) is 30.3 Å². The summed E-state index contributed by atoms with van der Waals surface area (Å²) in [4.78, 5) is 11.4. The van der Waals surface area contributed by atoms with Crippen molar-refractivity contribution in [2.45, 2.75) is 12.5 Å². The maximum absolute atomic E-state index is 11.4. The second-order valence-corrected chi connectivity index (χ2v) is 4.25. The Morgan fingerprint density at radius 3 is 2.79 bits per heavy atom. The van der Waals surface area contributed by atoms with E-state index in [0.717, 1.165) is 12.0 Å². The lowest BCUT2D eigenvalue weighted by molar-refractivity contribution is -0.120. The molecule has 0 aliphatic heterocycles. The van der Waals surface area contributed by atoms with Gasteiger partial charge < -0.3 is 20.5 Å². The summed E-state index contributed by atoms with van der Waals surface area (Å²) in [5.74, 6) is -0.0728. The Hall–Kier alpha value is -1.43. The molecule has 0 spiro atoms. The Morgan fingerprint density at radius 1 is 1.37 bits per heavy atom. The van der Waals surface area contributed by atoms with E-state index in [2.05, 4.69) is 10.6 Å². The third-order valence-corrected chi connectivity index (χ3v) is 2.65. The smallest absolute Gasteiger partial charge is 0.233 e. The number of hydrogen-bond acceptors (Lipinski definition) is 4. The average molecular weight is 266 g/mol. The highest BCUT2D eigenvalue weighted by Gasteiger charge is 2.07. The number of aliphatic hydroxyl groups excluding tert-OH is 1. The van der Waals surface area contributed by atoms with Gasteiger partial charge >= 0.3 is 0 Å². The number of ether oxygens (including phenoxy) is 1. The first-order valence-corrected chi connectivity index (χ1v) is 6.43. The van der Waals surface area contributed by atoms with E-state index in [9.17, 15) is 9.90 Å². The van der Waals surface area contributed by atoms with Gasteiger partial charge in [0.15, 0.2) is 0 Å². The predicted octanol–water partition coefficient (Wildman–Crippen LogP) is 0.462. The van der Waals surface area contributed by atoms with E-state index in [1.807, 2.05) is 30.3 Å². The first-order valence-electron chi connectivity index (χ1n) is 6.43. The van der Waals surface area contributed by atoms with E-state index in [1.165, 1.54) is 0 Å². The minimum Gasteiger partial charge on any atom is -0.387 e. The molecular formula is C14H22N2O3. The van der Waals surface area contributed by atoms with Crippen LogP contribution in [0.5, 0.6) is 0 Å². The van der Waals surface area contributed by atoms with Gasteiger partial charge in [-0.3, -0.25) is 4.79 Å². The van der Waals surface area contributed by atoms with Crippen molar-refractivity contribution in [3.8, 4) is 0 Å². The molecule has 5 heteroatoms. The van der Waals surface area contributed by atoms with Crippen molar-refractivity contribution in [3.05, 3.63) is 35.9 Å². The van der Waals surface area contributed by atoms with Gasteiger partial charge in [0.2, 0.25) is 5.91 Å². The molecule has 106 valence electrons. The number of nitrogens with one attached hydrogen (secondary N) is 2. The van der Waals surface area contributed by atoms with Crippen molar-refractivity contribution >= 4 is 5.91 Å². The van der Waals surface area contributed by atoms with E-state index < -0.39 is 6.10 Å². The van der Waals surface area contributed by atoms with Crippen LogP contribution in [0, 0.1) is 0 Å². The normalized spacial score (nSPS) is 12.1. The van der Waals surface area contributed by atoms with Crippen LogP contribution in [0.3, 0.4) is 0 Å². The van der Waals surface area contributed by atoms with Gasteiger partial charge in [-0.25, -0.2) is 0 Å². The summed E-state index contributed by atoms with van der Waals surface area (Å²) < 4.78 is 4.89. The third kappa shape index (κ3) is 6.91. The lowest BCUT2D eigenvalue weighted by Gasteiger charge is -2.12. The molecule has 0 bridgehead atoms. The molecule has 0 saturated carbocycles. The molecule has 0 radical (unpaired) electrons. The molecule has 0 aliphatic rings. The van der Waals surface area contributed by atoms with Crippen LogP contribution in [-0.4, -0.2) is 44.4 Å². The van der Waals surface area contributed by atoms with Crippen molar-refractivity contribution in [3.63, 3.8) is 0 Å². The molecule has 1 unspecified atom stereocenters. The number of methoxy groups -OCH3 is 1. The molecule has 1 amide bonds. The van der Waals surface area contributed by atoms with Gasteiger partial charge in [-0.2, -0.15) is 0 Å². The molecule has 1 atom stereocenters. The van der Waals surface area contributed by atoms with Crippen LogP contribution in [0.4, 0.5) is 0 Å². The van der Waals surface area contributed by atoms with E-state index >= 15 is 0 Å². The SMILES string of the molecule is COCCCNC(=O)CNCC(O)c1ccccc1. The molecule has 0 heterocycles. The molecule has 0 aromatic heterocycles. The summed E-state index contributed by atoms with van der Waals surface area (Å²) in [5.41, 5.74) is 0.843. The van der Waals surface area contributed by atoms with Crippen LogP contribution in [0.2, 0.25) is 0 Å². The van der Waals surface area contributed by atoms with Crippen LogP contribution >= 0.6 is 0 Å². The number of aliphatic hydroxyl groups is 1. The fourth-order valence-electron chi connectivity index (χ4n) is 1.62. The van der Waals surface area contributed by atoms with Crippen LogP contribution < -0.4 is 10.6 Å². The van der Waals surface area contributed by atoms with Gasteiger partial charge in [0.1, 0.15) is 0 Å². The number of rotatable bonds is 9. The Kier molecular flexibility index (Phi) is 7.81. The van der Waals surface area contributed by atoms with E-state index in [4.69, 9.17) is 4.74 Å². The molecular weight excluding hydrogens is 244 g/mol. The fourth-order valence-corrected chi connectivity index (χ4v) is 1.62. The van der Waals surface area contributed by atoms with E-state index in [0.29, 0.717) is 19.7 Å². The van der Waals surface area contributed by atoms with Crippen LogP contribution in [0.25, 0.3) is 0 Å². The quantitative estimate of drug-likeness (QED) is 0.568. The van der Waals surface area contributed by atoms with Gasteiger partial charge in [-0.05, 0) is 12.0 Å². The van der Waals surface area contributed by atoms with Crippen molar-refractivity contribution in [1.82, 2.24) is 10.6 Å². The highest BCUT2D eigenvalue weighted by atomic mass is 16.5. The maximum atomic E-state index is 11.4. The molecule has 5 nitrogen and oxygen atoms in total.